The monoisotopic (exact) mass is 210 g/mol. The molecule has 0 aromatic heterocycles. The van der Waals surface area contributed by atoms with Crippen LogP contribution < -0.4 is 0 Å². The second-order valence-corrected chi connectivity index (χ2v) is 3.87. The second kappa shape index (κ2) is 5.87. The lowest BCUT2D eigenvalue weighted by Crippen LogP contribution is -2.07. The summed E-state index contributed by atoms with van der Waals surface area (Å²) in [4.78, 5) is -1.01. The third kappa shape index (κ3) is 9.12. The van der Waals surface area contributed by atoms with Crippen molar-refractivity contribution in [2.75, 3.05) is 13.2 Å². The van der Waals surface area contributed by atoms with E-state index in [2.05, 4.69) is 0 Å². The van der Waals surface area contributed by atoms with Gasteiger partial charge >= 0.3 is 0 Å². The molecular formula is C4H6Cl4O. The molecule has 0 N–H and O–H groups in total. The summed E-state index contributed by atoms with van der Waals surface area (Å²) in [5.74, 6) is 0. The van der Waals surface area contributed by atoms with Crippen LogP contribution in [0.15, 0.2) is 0 Å². The highest BCUT2D eigenvalue weighted by molar-refractivity contribution is 6.44. The van der Waals surface area contributed by atoms with E-state index in [-0.39, 0.29) is 13.2 Å². The molecule has 0 spiro atoms. The third-order valence-electron chi connectivity index (χ3n) is 0.488. The molecule has 0 aliphatic carbocycles. The van der Waals surface area contributed by atoms with E-state index in [0.717, 1.165) is 0 Å². The molecule has 0 aromatic carbocycles. The molecule has 0 aliphatic heterocycles. The van der Waals surface area contributed by atoms with Gasteiger partial charge in [-0.15, -0.1) is 46.4 Å². The van der Waals surface area contributed by atoms with Gasteiger partial charge in [-0.3, -0.25) is 0 Å². The van der Waals surface area contributed by atoms with E-state index < -0.39 is 9.67 Å². The Morgan fingerprint density at radius 2 is 1.22 bits per heavy atom. The zero-order valence-corrected chi connectivity index (χ0v) is 7.51. The molecule has 0 amide bonds. The fraction of sp³-hybridized carbons (Fsp3) is 1.00. The Hall–Kier alpha value is 1.12. The van der Waals surface area contributed by atoms with Gasteiger partial charge in [-0.2, -0.15) is 0 Å². The van der Waals surface area contributed by atoms with Crippen molar-refractivity contribution in [2.45, 2.75) is 9.67 Å². The maximum absolute atomic E-state index is 5.32. The lowest BCUT2D eigenvalue weighted by Gasteiger charge is -2.03. The van der Waals surface area contributed by atoms with Gasteiger partial charge in [0.1, 0.15) is 9.67 Å². The summed E-state index contributed by atoms with van der Waals surface area (Å²) in [5, 5.41) is 0. The average molecular weight is 212 g/mol. The molecular weight excluding hydrogens is 206 g/mol. The first-order chi connectivity index (χ1) is 4.13. The summed E-state index contributed by atoms with van der Waals surface area (Å²) in [6.07, 6.45) is 0. The molecule has 0 saturated carbocycles. The van der Waals surface area contributed by atoms with Crippen LogP contribution in [0.2, 0.25) is 0 Å². The molecule has 5 heteroatoms. The first-order valence-electron chi connectivity index (χ1n) is 2.27. The standard InChI is InChI=1S/C4H6Cl4O/c5-3(6)1-9-2-4(7)8/h3-4H,1-2H2. The summed E-state index contributed by atoms with van der Waals surface area (Å²) in [6, 6.07) is 0. The highest BCUT2D eigenvalue weighted by atomic mass is 35.5. The van der Waals surface area contributed by atoms with Gasteiger partial charge in [0.25, 0.3) is 0 Å². The molecule has 0 aliphatic rings. The molecule has 0 aromatic rings. The van der Waals surface area contributed by atoms with Gasteiger partial charge in [0.2, 0.25) is 0 Å². The molecule has 0 atom stereocenters. The minimum atomic E-state index is -0.503. The normalized spacial score (nSPS) is 11.3. The van der Waals surface area contributed by atoms with Crippen molar-refractivity contribution >= 4 is 46.4 Å². The summed E-state index contributed by atoms with van der Waals surface area (Å²) in [6.45, 7) is 0.526. The number of rotatable bonds is 4. The van der Waals surface area contributed by atoms with E-state index in [0.29, 0.717) is 0 Å². The van der Waals surface area contributed by atoms with Crippen molar-refractivity contribution in [3.63, 3.8) is 0 Å². The molecule has 9 heavy (non-hydrogen) atoms. The Kier molecular flexibility index (Phi) is 6.60. The number of hydrogen-bond acceptors (Lipinski definition) is 1. The van der Waals surface area contributed by atoms with E-state index in [1.807, 2.05) is 0 Å². The van der Waals surface area contributed by atoms with Gasteiger partial charge in [-0.1, -0.05) is 0 Å². The highest BCUT2D eigenvalue weighted by Gasteiger charge is 2.01. The van der Waals surface area contributed by atoms with E-state index in [1.54, 1.807) is 0 Å². The number of alkyl halides is 4. The Morgan fingerprint density at radius 3 is 1.44 bits per heavy atom. The number of ether oxygens (including phenoxy) is 1. The van der Waals surface area contributed by atoms with E-state index in [1.165, 1.54) is 0 Å². The zero-order valence-electron chi connectivity index (χ0n) is 4.49. The fourth-order valence-electron chi connectivity index (χ4n) is 0.246. The maximum atomic E-state index is 5.32. The molecule has 0 heterocycles. The molecule has 56 valence electrons. The quantitative estimate of drug-likeness (QED) is 0.650. The van der Waals surface area contributed by atoms with Crippen LogP contribution in [0, 0.1) is 0 Å². The van der Waals surface area contributed by atoms with Gasteiger partial charge in [0, 0.05) is 0 Å². The third-order valence-corrected chi connectivity index (χ3v) is 0.992. The minimum Gasteiger partial charge on any atom is -0.376 e. The van der Waals surface area contributed by atoms with Gasteiger partial charge in [-0.05, 0) is 0 Å². The molecule has 0 saturated heterocycles. The van der Waals surface area contributed by atoms with Crippen LogP contribution in [0.3, 0.4) is 0 Å². The van der Waals surface area contributed by atoms with Crippen LogP contribution in [0.5, 0.6) is 0 Å². The first-order valence-corrected chi connectivity index (χ1v) is 4.01. The molecule has 0 fully saturated rings. The lowest BCUT2D eigenvalue weighted by atomic mass is 10.8. The maximum Gasteiger partial charge on any atom is 0.131 e. The SMILES string of the molecule is ClC(Cl)COCC(Cl)Cl. The Bertz CT molecular complexity index is 57.6. The number of halogens is 4. The van der Waals surface area contributed by atoms with E-state index >= 15 is 0 Å². The van der Waals surface area contributed by atoms with Crippen molar-refractivity contribution in [3.8, 4) is 0 Å². The average Bonchev–Trinajstić information content (AvgIpc) is 1.63. The van der Waals surface area contributed by atoms with Crippen LogP contribution >= 0.6 is 46.4 Å². The Morgan fingerprint density at radius 1 is 0.889 bits per heavy atom. The van der Waals surface area contributed by atoms with Crippen molar-refractivity contribution in [2.24, 2.45) is 0 Å². The smallest absolute Gasteiger partial charge is 0.131 e. The predicted molar refractivity (Wildman–Crippen MR) is 41.8 cm³/mol. The van der Waals surface area contributed by atoms with Gasteiger partial charge in [0.05, 0.1) is 13.2 Å². The summed E-state index contributed by atoms with van der Waals surface area (Å²) >= 11 is 21.3. The van der Waals surface area contributed by atoms with Gasteiger partial charge in [0.15, 0.2) is 0 Å². The van der Waals surface area contributed by atoms with Crippen molar-refractivity contribution in [3.05, 3.63) is 0 Å². The topological polar surface area (TPSA) is 9.23 Å². The lowest BCUT2D eigenvalue weighted by molar-refractivity contribution is 0.155. The molecule has 0 radical (unpaired) electrons. The molecule has 0 rings (SSSR count). The molecule has 1 nitrogen and oxygen atoms in total. The minimum absolute atomic E-state index is 0.263. The van der Waals surface area contributed by atoms with Gasteiger partial charge < -0.3 is 4.74 Å². The summed E-state index contributed by atoms with van der Waals surface area (Å²) < 4.78 is 4.83. The predicted octanol–water partition coefficient (Wildman–Crippen LogP) is 2.61. The first kappa shape index (κ1) is 10.1. The van der Waals surface area contributed by atoms with Gasteiger partial charge in [-0.25, -0.2) is 0 Å². The van der Waals surface area contributed by atoms with Crippen LogP contribution in [0.1, 0.15) is 0 Å². The highest BCUT2D eigenvalue weighted by Crippen LogP contribution is 2.05. The van der Waals surface area contributed by atoms with Crippen molar-refractivity contribution in [1.82, 2.24) is 0 Å². The molecule has 0 bridgehead atoms. The van der Waals surface area contributed by atoms with Crippen molar-refractivity contribution < 1.29 is 4.74 Å². The second-order valence-electron chi connectivity index (χ2n) is 1.32. The zero-order chi connectivity index (χ0) is 7.28. The van der Waals surface area contributed by atoms with Crippen LogP contribution in [0.4, 0.5) is 0 Å². The largest absolute Gasteiger partial charge is 0.376 e. The van der Waals surface area contributed by atoms with Crippen molar-refractivity contribution in [1.29, 1.82) is 0 Å². The van der Waals surface area contributed by atoms with Crippen LogP contribution in [-0.2, 0) is 4.74 Å². The number of hydrogen-bond donors (Lipinski definition) is 0. The van der Waals surface area contributed by atoms with E-state index in [4.69, 9.17) is 51.1 Å². The summed E-state index contributed by atoms with van der Waals surface area (Å²) in [5.41, 5.74) is 0. The fourth-order valence-corrected chi connectivity index (χ4v) is 0.603. The van der Waals surface area contributed by atoms with Crippen LogP contribution in [0.25, 0.3) is 0 Å². The van der Waals surface area contributed by atoms with E-state index in [9.17, 15) is 0 Å². The Balaban J connectivity index is 2.91. The Labute approximate surface area is 74.2 Å². The molecule has 0 unspecified atom stereocenters. The van der Waals surface area contributed by atoms with Crippen LogP contribution in [-0.4, -0.2) is 22.9 Å². The summed E-state index contributed by atoms with van der Waals surface area (Å²) in [7, 11) is 0.